The number of ether oxygens (including phenoxy) is 1. The highest BCUT2D eigenvalue weighted by atomic mass is 79.9. The molecule has 0 atom stereocenters. The zero-order chi connectivity index (χ0) is 14.8. The predicted octanol–water partition coefficient (Wildman–Crippen LogP) is 2.96. The maximum Gasteiger partial charge on any atom is 0.265 e. The Labute approximate surface area is 125 Å². The first-order chi connectivity index (χ1) is 9.42. The summed E-state index contributed by atoms with van der Waals surface area (Å²) in [5.74, 6) is 0.205. The maximum absolute atomic E-state index is 12.2. The molecule has 0 aromatic heterocycles. The van der Waals surface area contributed by atoms with Crippen molar-refractivity contribution in [3.05, 3.63) is 46.9 Å². The molecule has 0 saturated heterocycles. The van der Waals surface area contributed by atoms with E-state index >= 15 is 0 Å². The number of benzene rings is 2. The van der Waals surface area contributed by atoms with E-state index in [1.807, 2.05) is 0 Å². The fraction of sp³-hybridized carbons (Fsp3) is 0.0769. The van der Waals surface area contributed by atoms with Crippen molar-refractivity contribution in [1.29, 1.82) is 0 Å². The van der Waals surface area contributed by atoms with Gasteiger partial charge in [0.1, 0.15) is 16.4 Å². The Morgan fingerprint density at radius 3 is 2.55 bits per heavy atom. The number of halogens is 1. The number of nitrogens with one attached hydrogen (secondary N) is 1. The molecule has 20 heavy (non-hydrogen) atoms. The van der Waals surface area contributed by atoms with Crippen LogP contribution in [0.2, 0.25) is 0 Å². The van der Waals surface area contributed by atoms with Gasteiger partial charge in [0, 0.05) is 10.5 Å². The molecule has 0 bridgehead atoms. The lowest BCUT2D eigenvalue weighted by atomic mass is 10.3. The number of rotatable bonds is 4. The van der Waals surface area contributed by atoms with Crippen LogP contribution >= 0.6 is 15.9 Å². The first-order valence-corrected chi connectivity index (χ1v) is 7.85. The van der Waals surface area contributed by atoms with E-state index in [-0.39, 0.29) is 10.6 Å². The summed E-state index contributed by atoms with van der Waals surface area (Å²) in [5, 5.41) is 9.63. The highest BCUT2D eigenvalue weighted by Crippen LogP contribution is 2.28. The number of hydrogen-bond acceptors (Lipinski definition) is 4. The van der Waals surface area contributed by atoms with Gasteiger partial charge in [0.15, 0.2) is 0 Å². The van der Waals surface area contributed by atoms with E-state index in [4.69, 9.17) is 4.74 Å². The standard InChI is InChI=1S/C13H12BrNO4S/c1-19-11-7-9(14)6-10(8-11)15-20(17,18)13-5-3-2-4-12(13)16/h2-8,15-16H,1H3. The molecule has 0 heterocycles. The van der Waals surface area contributed by atoms with Crippen LogP contribution in [0.3, 0.4) is 0 Å². The minimum absolute atomic E-state index is 0.182. The molecular formula is C13H12BrNO4S. The summed E-state index contributed by atoms with van der Waals surface area (Å²) in [7, 11) is -2.37. The van der Waals surface area contributed by atoms with Crippen LogP contribution < -0.4 is 9.46 Å². The zero-order valence-corrected chi connectivity index (χ0v) is 12.9. The number of sulfonamides is 1. The normalized spacial score (nSPS) is 11.1. The topological polar surface area (TPSA) is 75.6 Å². The van der Waals surface area contributed by atoms with Crippen molar-refractivity contribution in [3.8, 4) is 11.5 Å². The fourth-order valence-corrected chi connectivity index (χ4v) is 3.25. The molecule has 2 aromatic rings. The van der Waals surface area contributed by atoms with Gasteiger partial charge < -0.3 is 9.84 Å². The largest absolute Gasteiger partial charge is 0.507 e. The van der Waals surface area contributed by atoms with Gasteiger partial charge in [-0.2, -0.15) is 0 Å². The molecule has 106 valence electrons. The molecule has 0 spiro atoms. The van der Waals surface area contributed by atoms with Crippen molar-refractivity contribution in [2.75, 3.05) is 11.8 Å². The molecule has 0 amide bonds. The van der Waals surface area contributed by atoms with E-state index < -0.39 is 10.0 Å². The van der Waals surface area contributed by atoms with E-state index in [0.29, 0.717) is 15.9 Å². The van der Waals surface area contributed by atoms with Crippen molar-refractivity contribution >= 4 is 31.6 Å². The minimum Gasteiger partial charge on any atom is -0.507 e. The summed E-state index contributed by atoms with van der Waals surface area (Å²) in [5.41, 5.74) is 0.333. The van der Waals surface area contributed by atoms with E-state index in [1.165, 1.54) is 25.3 Å². The molecule has 5 nitrogen and oxygen atoms in total. The molecule has 2 rings (SSSR count). The van der Waals surface area contributed by atoms with Gasteiger partial charge in [-0.3, -0.25) is 4.72 Å². The molecule has 0 aliphatic heterocycles. The summed E-state index contributed by atoms with van der Waals surface area (Å²) < 4.78 is 32.5. The van der Waals surface area contributed by atoms with Crippen LogP contribution in [0.4, 0.5) is 5.69 Å². The van der Waals surface area contributed by atoms with Gasteiger partial charge in [-0.1, -0.05) is 28.1 Å². The fourth-order valence-electron chi connectivity index (χ4n) is 1.63. The molecule has 0 aliphatic rings. The number of anilines is 1. The first kappa shape index (κ1) is 14.7. The number of hydrogen-bond donors (Lipinski definition) is 2. The summed E-state index contributed by atoms with van der Waals surface area (Å²) >= 11 is 3.27. The Morgan fingerprint density at radius 1 is 1.20 bits per heavy atom. The summed E-state index contributed by atoms with van der Waals surface area (Å²) in [6.07, 6.45) is 0. The van der Waals surface area contributed by atoms with E-state index in [2.05, 4.69) is 20.7 Å². The average Bonchev–Trinajstić information content (AvgIpc) is 2.37. The summed E-state index contributed by atoms with van der Waals surface area (Å²) in [4.78, 5) is -0.182. The van der Waals surface area contributed by atoms with Crippen LogP contribution in [0.15, 0.2) is 51.8 Å². The monoisotopic (exact) mass is 357 g/mol. The van der Waals surface area contributed by atoms with Crippen molar-refractivity contribution in [3.63, 3.8) is 0 Å². The van der Waals surface area contributed by atoms with E-state index in [9.17, 15) is 13.5 Å². The molecular weight excluding hydrogens is 346 g/mol. The SMILES string of the molecule is COc1cc(Br)cc(NS(=O)(=O)c2ccccc2O)c1. The lowest BCUT2D eigenvalue weighted by Gasteiger charge is -2.11. The number of phenolic OH excluding ortho intramolecular Hbond substituents is 1. The van der Waals surface area contributed by atoms with Crippen LogP contribution in [-0.2, 0) is 10.0 Å². The van der Waals surface area contributed by atoms with Crippen molar-refractivity contribution in [2.24, 2.45) is 0 Å². The molecule has 0 unspecified atom stereocenters. The smallest absolute Gasteiger partial charge is 0.265 e. The lowest BCUT2D eigenvalue weighted by molar-refractivity contribution is 0.415. The number of methoxy groups -OCH3 is 1. The van der Waals surface area contributed by atoms with E-state index in [1.54, 1.807) is 24.3 Å². The van der Waals surface area contributed by atoms with Crippen LogP contribution in [0.1, 0.15) is 0 Å². The lowest BCUT2D eigenvalue weighted by Crippen LogP contribution is -2.13. The maximum atomic E-state index is 12.2. The van der Waals surface area contributed by atoms with Crippen molar-refractivity contribution in [1.82, 2.24) is 0 Å². The molecule has 7 heteroatoms. The van der Waals surface area contributed by atoms with Crippen LogP contribution in [0.5, 0.6) is 11.5 Å². The van der Waals surface area contributed by atoms with Crippen LogP contribution in [0.25, 0.3) is 0 Å². The first-order valence-electron chi connectivity index (χ1n) is 5.58. The Hall–Kier alpha value is -1.73. The number of aromatic hydroxyl groups is 1. The van der Waals surface area contributed by atoms with Crippen molar-refractivity contribution in [2.45, 2.75) is 4.90 Å². The minimum atomic E-state index is -3.86. The Bertz CT molecular complexity index is 731. The molecule has 0 saturated carbocycles. The molecule has 2 aromatic carbocycles. The van der Waals surface area contributed by atoms with Gasteiger partial charge in [-0.15, -0.1) is 0 Å². The van der Waals surface area contributed by atoms with Gasteiger partial charge in [-0.05, 0) is 24.3 Å². The second-order valence-electron chi connectivity index (χ2n) is 3.95. The summed E-state index contributed by atoms with van der Waals surface area (Å²) in [6.45, 7) is 0. The van der Waals surface area contributed by atoms with Gasteiger partial charge in [0.25, 0.3) is 10.0 Å². The Morgan fingerprint density at radius 2 is 1.90 bits per heavy atom. The highest BCUT2D eigenvalue weighted by molar-refractivity contribution is 9.10. The average molecular weight is 358 g/mol. The molecule has 0 aliphatic carbocycles. The quantitative estimate of drug-likeness (QED) is 0.881. The van der Waals surface area contributed by atoms with Gasteiger partial charge in [0.2, 0.25) is 0 Å². The number of para-hydroxylation sites is 1. The highest BCUT2D eigenvalue weighted by Gasteiger charge is 2.18. The third-order valence-corrected chi connectivity index (χ3v) is 4.40. The molecule has 0 radical (unpaired) electrons. The number of phenols is 1. The van der Waals surface area contributed by atoms with Gasteiger partial charge in [0.05, 0.1) is 12.8 Å². The van der Waals surface area contributed by atoms with Gasteiger partial charge >= 0.3 is 0 Å². The third kappa shape index (κ3) is 3.23. The molecule has 2 N–H and O–H groups in total. The summed E-state index contributed by atoms with van der Waals surface area (Å²) in [6, 6.07) is 10.6. The van der Waals surface area contributed by atoms with E-state index in [0.717, 1.165) is 0 Å². The van der Waals surface area contributed by atoms with Gasteiger partial charge in [-0.25, -0.2) is 8.42 Å². The zero-order valence-electron chi connectivity index (χ0n) is 10.5. The molecule has 0 fully saturated rings. The predicted molar refractivity (Wildman–Crippen MR) is 79.6 cm³/mol. The Balaban J connectivity index is 2.38. The van der Waals surface area contributed by atoms with Crippen molar-refractivity contribution < 1.29 is 18.3 Å². The Kier molecular flexibility index (Phi) is 4.20. The second kappa shape index (κ2) is 5.72. The van der Waals surface area contributed by atoms with Crippen LogP contribution in [-0.4, -0.2) is 20.6 Å². The third-order valence-electron chi connectivity index (χ3n) is 2.51. The second-order valence-corrected chi connectivity index (χ2v) is 6.52. The van der Waals surface area contributed by atoms with Crippen LogP contribution in [0, 0.1) is 0 Å².